The molecule has 0 radical (unpaired) electrons. The van der Waals surface area contributed by atoms with Gasteiger partial charge in [-0.2, -0.15) is 0 Å². The minimum atomic E-state index is -0.616. The molecule has 0 aliphatic heterocycles. The maximum atomic E-state index is 10.6. The Hall–Kier alpha value is -0.900. The van der Waals surface area contributed by atoms with Crippen LogP contribution in [0, 0.1) is 23.2 Å². The fraction of sp³-hybridized carbons (Fsp3) is 0.793. The van der Waals surface area contributed by atoms with E-state index in [0.29, 0.717) is 35.7 Å². The first kappa shape index (κ1) is 25.7. The van der Waals surface area contributed by atoms with Gasteiger partial charge in [-0.25, -0.2) is 0 Å². The lowest BCUT2D eigenvalue weighted by molar-refractivity contribution is 0.0178. The summed E-state index contributed by atoms with van der Waals surface area (Å²) < 4.78 is 0. The Morgan fingerprint density at radius 3 is 2.41 bits per heavy atom. The number of rotatable bonds is 8. The average molecular weight is 445 g/mol. The highest BCUT2D eigenvalue weighted by Gasteiger charge is 2.50. The SMILES string of the molecule is C=C1[C@H](O)CC(=C/C=C2\CCC[C@@]3(C)C2CCC3[C@@H](C)CCCC(O)(CC)CC)C[C@H]1O. The summed E-state index contributed by atoms with van der Waals surface area (Å²) in [7, 11) is 0. The second-order valence-electron chi connectivity index (χ2n) is 11.5. The van der Waals surface area contributed by atoms with E-state index in [9.17, 15) is 15.3 Å². The molecule has 3 N–H and O–H groups in total. The standard InChI is InChI=1S/C29H48O3/c1-6-29(32,7-2)17-8-10-20(3)24-14-15-25-23(11-9-16-28(24,25)5)13-12-22-18-26(30)21(4)27(31)19-22/h12-13,20,24-27,30-32H,4,6-11,14-19H2,1-3,5H3/b23-13+/t20-,24?,25?,26+,27+,28+/m0/s1. The molecule has 0 aromatic heterocycles. The van der Waals surface area contributed by atoms with E-state index >= 15 is 0 Å². The van der Waals surface area contributed by atoms with Gasteiger partial charge in [0.2, 0.25) is 0 Å². The van der Waals surface area contributed by atoms with Crippen LogP contribution in [0.2, 0.25) is 0 Å². The van der Waals surface area contributed by atoms with Gasteiger partial charge in [0.05, 0.1) is 17.8 Å². The van der Waals surface area contributed by atoms with Crippen LogP contribution in [-0.4, -0.2) is 33.1 Å². The van der Waals surface area contributed by atoms with Crippen LogP contribution in [0.15, 0.2) is 35.5 Å². The molecule has 3 heteroatoms. The number of allylic oxidation sites excluding steroid dienone is 3. The highest BCUT2D eigenvalue weighted by Crippen LogP contribution is 2.60. The first-order valence-electron chi connectivity index (χ1n) is 13.3. The molecule has 0 heterocycles. The van der Waals surface area contributed by atoms with Crippen LogP contribution in [0.5, 0.6) is 0 Å². The highest BCUT2D eigenvalue weighted by molar-refractivity contribution is 5.29. The monoisotopic (exact) mass is 444 g/mol. The third-order valence-corrected chi connectivity index (χ3v) is 9.64. The van der Waals surface area contributed by atoms with Crippen LogP contribution in [0.3, 0.4) is 0 Å². The number of hydrogen-bond acceptors (Lipinski definition) is 3. The summed E-state index contributed by atoms with van der Waals surface area (Å²) in [6.07, 6.45) is 15.9. The molecule has 0 saturated heterocycles. The van der Waals surface area contributed by atoms with Gasteiger partial charge in [0.25, 0.3) is 0 Å². The van der Waals surface area contributed by atoms with Crippen molar-refractivity contribution < 1.29 is 15.3 Å². The van der Waals surface area contributed by atoms with Crippen molar-refractivity contribution in [2.24, 2.45) is 23.2 Å². The molecule has 3 aliphatic carbocycles. The number of aliphatic hydroxyl groups is 3. The molecule has 0 bridgehead atoms. The summed E-state index contributed by atoms with van der Waals surface area (Å²) >= 11 is 0. The second-order valence-corrected chi connectivity index (χ2v) is 11.5. The van der Waals surface area contributed by atoms with Gasteiger partial charge >= 0.3 is 0 Å². The van der Waals surface area contributed by atoms with E-state index in [2.05, 4.69) is 46.4 Å². The van der Waals surface area contributed by atoms with Crippen molar-refractivity contribution in [3.05, 3.63) is 35.5 Å². The van der Waals surface area contributed by atoms with Crippen molar-refractivity contribution in [1.82, 2.24) is 0 Å². The van der Waals surface area contributed by atoms with E-state index in [-0.39, 0.29) is 0 Å². The zero-order valence-corrected chi connectivity index (χ0v) is 21.1. The van der Waals surface area contributed by atoms with Crippen molar-refractivity contribution in [3.63, 3.8) is 0 Å². The molecule has 3 fully saturated rings. The van der Waals surface area contributed by atoms with E-state index in [1.54, 1.807) is 5.57 Å². The van der Waals surface area contributed by atoms with E-state index in [4.69, 9.17) is 0 Å². The van der Waals surface area contributed by atoms with Crippen LogP contribution in [0.4, 0.5) is 0 Å². The maximum absolute atomic E-state index is 10.6. The Labute approximate surface area is 196 Å². The van der Waals surface area contributed by atoms with Gasteiger partial charge in [-0.3, -0.25) is 0 Å². The van der Waals surface area contributed by atoms with Crippen molar-refractivity contribution in [2.45, 2.75) is 123 Å². The summed E-state index contributed by atoms with van der Waals surface area (Å²) in [6.45, 7) is 13.0. The van der Waals surface area contributed by atoms with Gasteiger partial charge in [-0.15, -0.1) is 0 Å². The highest BCUT2D eigenvalue weighted by atomic mass is 16.3. The van der Waals surface area contributed by atoms with Gasteiger partial charge in [0.1, 0.15) is 0 Å². The molecule has 0 aromatic carbocycles. The lowest BCUT2D eigenvalue weighted by Crippen LogP contribution is -2.36. The summed E-state index contributed by atoms with van der Waals surface area (Å²) in [5.74, 6) is 2.13. The fourth-order valence-corrected chi connectivity index (χ4v) is 7.20. The van der Waals surface area contributed by atoms with E-state index in [1.807, 2.05) is 0 Å². The Morgan fingerprint density at radius 1 is 1.12 bits per heavy atom. The third-order valence-electron chi connectivity index (χ3n) is 9.64. The molecule has 6 atom stereocenters. The van der Waals surface area contributed by atoms with Gasteiger partial charge in [-0.05, 0) is 93.0 Å². The molecule has 3 rings (SSSR count). The fourth-order valence-electron chi connectivity index (χ4n) is 7.20. The largest absolute Gasteiger partial charge is 0.390 e. The van der Waals surface area contributed by atoms with Gasteiger partial charge in [0.15, 0.2) is 0 Å². The normalized spacial score (nSPS) is 35.8. The molecule has 0 aromatic rings. The molecule has 3 nitrogen and oxygen atoms in total. The number of aliphatic hydroxyl groups excluding tert-OH is 2. The number of hydrogen-bond donors (Lipinski definition) is 3. The zero-order valence-electron chi connectivity index (χ0n) is 21.1. The van der Waals surface area contributed by atoms with Gasteiger partial charge in [0, 0.05) is 0 Å². The first-order valence-corrected chi connectivity index (χ1v) is 13.3. The quantitative estimate of drug-likeness (QED) is 0.375. The summed E-state index contributed by atoms with van der Waals surface area (Å²) in [5.41, 5.74) is 3.19. The predicted octanol–water partition coefficient (Wildman–Crippen LogP) is 6.48. The Bertz CT molecular complexity index is 700. The number of fused-ring (bicyclic) bond motifs is 1. The second kappa shape index (κ2) is 10.6. The van der Waals surface area contributed by atoms with E-state index < -0.39 is 17.8 Å². The Balaban J connectivity index is 1.65. The lowest BCUT2D eigenvalue weighted by Gasteiger charge is -2.44. The van der Waals surface area contributed by atoms with Crippen LogP contribution < -0.4 is 0 Å². The van der Waals surface area contributed by atoms with Crippen LogP contribution in [0.25, 0.3) is 0 Å². The molecular weight excluding hydrogens is 396 g/mol. The van der Waals surface area contributed by atoms with Crippen LogP contribution >= 0.6 is 0 Å². The molecule has 3 saturated carbocycles. The van der Waals surface area contributed by atoms with Crippen LogP contribution in [0.1, 0.15) is 105 Å². The van der Waals surface area contributed by atoms with Crippen molar-refractivity contribution >= 4 is 0 Å². The molecule has 182 valence electrons. The Kier molecular flexibility index (Phi) is 8.50. The molecule has 32 heavy (non-hydrogen) atoms. The molecule has 3 aliphatic rings. The van der Waals surface area contributed by atoms with E-state index in [1.165, 1.54) is 38.5 Å². The topological polar surface area (TPSA) is 60.7 Å². The van der Waals surface area contributed by atoms with Gasteiger partial charge in [-0.1, -0.05) is 70.4 Å². The van der Waals surface area contributed by atoms with Crippen molar-refractivity contribution in [2.75, 3.05) is 0 Å². The maximum Gasteiger partial charge on any atom is 0.0809 e. The summed E-state index contributed by atoms with van der Waals surface area (Å²) in [6, 6.07) is 0. The third kappa shape index (κ3) is 5.42. The van der Waals surface area contributed by atoms with Gasteiger partial charge < -0.3 is 15.3 Å². The average Bonchev–Trinajstić information content (AvgIpc) is 3.13. The smallest absolute Gasteiger partial charge is 0.0809 e. The van der Waals surface area contributed by atoms with Crippen molar-refractivity contribution in [1.29, 1.82) is 0 Å². The van der Waals surface area contributed by atoms with Crippen LogP contribution in [-0.2, 0) is 0 Å². The molecule has 0 spiro atoms. The minimum absolute atomic E-state index is 0.383. The molecule has 2 unspecified atom stereocenters. The minimum Gasteiger partial charge on any atom is -0.390 e. The zero-order chi connectivity index (χ0) is 23.5. The summed E-state index contributed by atoms with van der Waals surface area (Å²) in [5, 5.41) is 31.0. The molecule has 0 amide bonds. The van der Waals surface area contributed by atoms with Crippen molar-refractivity contribution in [3.8, 4) is 0 Å². The first-order chi connectivity index (χ1) is 15.1. The molecular formula is C29H48O3. The Morgan fingerprint density at radius 2 is 1.78 bits per heavy atom. The predicted molar refractivity (Wildman–Crippen MR) is 133 cm³/mol. The lowest BCUT2D eigenvalue weighted by atomic mass is 9.60. The summed E-state index contributed by atoms with van der Waals surface area (Å²) in [4.78, 5) is 0. The van der Waals surface area contributed by atoms with E-state index in [0.717, 1.165) is 37.2 Å².